The third-order valence-electron chi connectivity index (χ3n) is 4.60. The Labute approximate surface area is 115 Å². The van der Waals surface area contributed by atoms with Crippen molar-refractivity contribution in [2.45, 2.75) is 43.8 Å². The number of nitrogens with zero attached hydrogens (tertiary/aromatic N) is 1. The Balaban J connectivity index is 1.58. The van der Waals surface area contributed by atoms with Crippen LogP contribution in [0.25, 0.3) is 0 Å². The molecule has 2 unspecified atom stereocenters. The van der Waals surface area contributed by atoms with Crippen molar-refractivity contribution in [2.24, 2.45) is 0 Å². The van der Waals surface area contributed by atoms with Crippen LogP contribution in [0.4, 0.5) is 0 Å². The molecule has 19 heavy (non-hydrogen) atoms. The number of benzene rings is 1. The van der Waals surface area contributed by atoms with Crippen molar-refractivity contribution in [2.75, 3.05) is 19.7 Å². The van der Waals surface area contributed by atoms with Gasteiger partial charge < -0.3 is 10.4 Å². The van der Waals surface area contributed by atoms with Crippen molar-refractivity contribution in [3.63, 3.8) is 0 Å². The maximum Gasteiger partial charge on any atom is 0.0587 e. The van der Waals surface area contributed by atoms with Gasteiger partial charge in [0, 0.05) is 24.7 Å². The fourth-order valence-electron chi connectivity index (χ4n) is 3.65. The van der Waals surface area contributed by atoms with Crippen LogP contribution in [-0.4, -0.2) is 47.8 Å². The third-order valence-corrected chi connectivity index (χ3v) is 4.60. The van der Waals surface area contributed by atoms with Crippen LogP contribution in [0.1, 0.15) is 24.8 Å². The molecule has 0 amide bonds. The van der Waals surface area contributed by atoms with E-state index in [4.69, 9.17) is 0 Å². The van der Waals surface area contributed by atoms with Crippen LogP contribution in [0.15, 0.2) is 30.3 Å². The first-order valence-electron chi connectivity index (χ1n) is 7.51. The molecule has 2 N–H and O–H groups in total. The maximum atomic E-state index is 9.61. The van der Waals surface area contributed by atoms with Crippen LogP contribution in [0.3, 0.4) is 0 Å². The Kier molecular flexibility index (Phi) is 4.16. The quantitative estimate of drug-likeness (QED) is 0.840. The third kappa shape index (κ3) is 2.99. The molecule has 2 heterocycles. The van der Waals surface area contributed by atoms with Crippen LogP contribution < -0.4 is 5.32 Å². The summed E-state index contributed by atoms with van der Waals surface area (Å²) >= 11 is 0. The number of nitrogens with one attached hydrogen (secondary N) is 1. The summed E-state index contributed by atoms with van der Waals surface area (Å²) in [6.07, 6.45) is 4.81. The summed E-state index contributed by atoms with van der Waals surface area (Å²) in [4.78, 5) is 2.61. The highest BCUT2D eigenvalue weighted by atomic mass is 16.3. The first kappa shape index (κ1) is 13.1. The Morgan fingerprint density at radius 1 is 1.21 bits per heavy atom. The van der Waals surface area contributed by atoms with E-state index in [1.807, 2.05) is 6.07 Å². The molecular formula is C16H24N2O. The molecule has 0 aromatic heterocycles. The van der Waals surface area contributed by atoms with Crippen LogP contribution in [-0.2, 0) is 6.42 Å². The van der Waals surface area contributed by atoms with E-state index in [9.17, 15) is 5.11 Å². The molecule has 1 aromatic rings. The van der Waals surface area contributed by atoms with Gasteiger partial charge in [0.25, 0.3) is 0 Å². The van der Waals surface area contributed by atoms with Gasteiger partial charge in [-0.15, -0.1) is 0 Å². The van der Waals surface area contributed by atoms with Crippen molar-refractivity contribution < 1.29 is 5.11 Å². The molecule has 104 valence electrons. The summed E-state index contributed by atoms with van der Waals surface area (Å²) < 4.78 is 0. The summed E-state index contributed by atoms with van der Waals surface area (Å²) in [5.41, 5.74) is 1.30. The molecule has 0 radical (unpaired) electrons. The van der Waals surface area contributed by atoms with Gasteiger partial charge in [0.1, 0.15) is 0 Å². The van der Waals surface area contributed by atoms with Crippen molar-refractivity contribution in [1.82, 2.24) is 10.2 Å². The number of rotatable bonds is 5. The van der Waals surface area contributed by atoms with Gasteiger partial charge in [-0.2, -0.15) is 0 Å². The van der Waals surface area contributed by atoms with E-state index in [0.29, 0.717) is 12.1 Å². The Bertz CT molecular complexity index is 395. The van der Waals surface area contributed by atoms with Crippen LogP contribution in [0.2, 0.25) is 0 Å². The minimum Gasteiger partial charge on any atom is -0.395 e. The largest absolute Gasteiger partial charge is 0.395 e. The van der Waals surface area contributed by atoms with Gasteiger partial charge in [-0.1, -0.05) is 30.3 Å². The predicted octanol–water partition coefficient (Wildman–Crippen LogP) is 1.42. The molecule has 3 atom stereocenters. The van der Waals surface area contributed by atoms with Crippen molar-refractivity contribution >= 4 is 0 Å². The fraction of sp³-hybridized carbons (Fsp3) is 0.625. The lowest BCUT2D eigenvalue weighted by atomic mass is 10.0. The standard InChI is InChI=1S/C16H24N2O/c19-12-14(11-13-5-2-1-3-6-13)17-15-8-10-18-9-4-7-16(15)18/h1-3,5-6,14-17,19H,4,7-12H2/t14-,15?,16?/m1/s1. The minimum absolute atomic E-state index is 0.188. The van der Waals surface area contributed by atoms with Crippen LogP contribution >= 0.6 is 0 Å². The molecule has 0 saturated carbocycles. The van der Waals surface area contributed by atoms with E-state index >= 15 is 0 Å². The van der Waals surface area contributed by atoms with Gasteiger partial charge in [0.2, 0.25) is 0 Å². The van der Waals surface area contributed by atoms with Crippen LogP contribution in [0.5, 0.6) is 0 Å². The zero-order valence-electron chi connectivity index (χ0n) is 11.5. The summed E-state index contributed by atoms with van der Waals surface area (Å²) in [6.45, 7) is 2.72. The van der Waals surface area contributed by atoms with Crippen molar-refractivity contribution in [3.05, 3.63) is 35.9 Å². The maximum absolute atomic E-state index is 9.61. The first-order valence-corrected chi connectivity index (χ1v) is 7.51. The second-order valence-corrected chi connectivity index (χ2v) is 5.88. The van der Waals surface area contributed by atoms with E-state index in [1.165, 1.54) is 37.9 Å². The normalized spacial score (nSPS) is 28.5. The van der Waals surface area contributed by atoms with Gasteiger partial charge >= 0.3 is 0 Å². The SMILES string of the molecule is OC[C@@H](Cc1ccccc1)NC1CCN2CCCC12. The predicted molar refractivity (Wildman–Crippen MR) is 77.2 cm³/mol. The topological polar surface area (TPSA) is 35.5 Å². The smallest absolute Gasteiger partial charge is 0.0587 e. The molecule has 0 aliphatic carbocycles. The number of aliphatic hydroxyl groups excluding tert-OH is 1. The molecule has 3 heteroatoms. The van der Waals surface area contributed by atoms with Gasteiger partial charge in [-0.3, -0.25) is 4.90 Å². The zero-order valence-corrected chi connectivity index (χ0v) is 11.5. The van der Waals surface area contributed by atoms with Crippen molar-refractivity contribution in [1.29, 1.82) is 0 Å². The first-order chi connectivity index (χ1) is 9.36. The summed E-state index contributed by atoms with van der Waals surface area (Å²) in [6, 6.07) is 11.9. The second kappa shape index (κ2) is 6.04. The molecule has 1 aromatic carbocycles. The zero-order chi connectivity index (χ0) is 13.1. The van der Waals surface area contributed by atoms with Crippen molar-refractivity contribution in [3.8, 4) is 0 Å². The highest BCUT2D eigenvalue weighted by molar-refractivity contribution is 5.16. The summed E-state index contributed by atoms with van der Waals surface area (Å²) in [5.74, 6) is 0. The molecule has 3 rings (SSSR count). The molecule has 0 spiro atoms. The fourth-order valence-corrected chi connectivity index (χ4v) is 3.65. The Morgan fingerprint density at radius 3 is 2.84 bits per heavy atom. The van der Waals surface area contributed by atoms with Gasteiger partial charge in [-0.05, 0) is 37.8 Å². The minimum atomic E-state index is 0.188. The molecule has 2 fully saturated rings. The Morgan fingerprint density at radius 2 is 2.05 bits per heavy atom. The lowest BCUT2D eigenvalue weighted by Gasteiger charge is -2.26. The van der Waals surface area contributed by atoms with E-state index in [-0.39, 0.29) is 12.6 Å². The van der Waals surface area contributed by atoms with Crippen LogP contribution in [0, 0.1) is 0 Å². The average Bonchev–Trinajstić information content (AvgIpc) is 3.04. The molecular weight excluding hydrogens is 236 g/mol. The summed E-state index contributed by atoms with van der Waals surface area (Å²) in [5, 5.41) is 13.3. The highest BCUT2D eigenvalue weighted by Gasteiger charge is 2.37. The molecule has 2 aliphatic rings. The Hall–Kier alpha value is -0.900. The molecule has 2 saturated heterocycles. The van der Waals surface area contributed by atoms with Gasteiger partial charge in [0.15, 0.2) is 0 Å². The molecule has 0 bridgehead atoms. The van der Waals surface area contributed by atoms with Gasteiger partial charge in [-0.25, -0.2) is 0 Å². The van der Waals surface area contributed by atoms with E-state index in [2.05, 4.69) is 34.5 Å². The number of fused-ring (bicyclic) bond motifs is 1. The van der Waals surface area contributed by atoms with E-state index < -0.39 is 0 Å². The lowest BCUT2D eigenvalue weighted by molar-refractivity contribution is 0.217. The molecule has 2 aliphatic heterocycles. The average molecular weight is 260 g/mol. The summed E-state index contributed by atoms with van der Waals surface area (Å²) in [7, 11) is 0. The monoisotopic (exact) mass is 260 g/mol. The van der Waals surface area contributed by atoms with Gasteiger partial charge in [0.05, 0.1) is 6.61 Å². The second-order valence-electron chi connectivity index (χ2n) is 5.88. The lowest BCUT2D eigenvalue weighted by Crippen LogP contribution is -2.47. The number of hydrogen-bond donors (Lipinski definition) is 2. The van der Waals surface area contributed by atoms with E-state index in [0.717, 1.165) is 6.42 Å². The highest BCUT2D eigenvalue weighted by Crippen LogP contribution is 2.28. The number of aliphatic hydroxyl groups is 1. The van der Waals surface area contributed by atoms with E-state index in [1.54, 1.807) is 0 Å². The number of hydrogen-bond acceptors (Lipinski definition) is 3. The molecule has 3 nitrogen and oxygen atoms in total.